The number of piperidine rings is 1. The monoisotopic (exact) mass is 378 g/mol. The van der Waals surface area contributed by atoms with Gasteiger partial charge >= 0.3 is 11.8 Å². The Morgan fingerprint density at radius 1 is 0.964 bits per heavy atom. The zero-order valence-electron chi connectivity index (χ0n) is 17.1. The van der Waals surface area contributed by atoms with Crippen molar-refractivity contribution in [1.29, 1.82) is 0 Å². The molecule has 3 rings (SSSR count). The van der Waals surface area contributed by atoms with E-state index in [2.05, 4.69) is 50.4 Å². The number of amides is 2. The van der Waals surface area contributed by atoms with Crippen molar-refractivity contribution in [2.45, 2.75) is 45.4 Å². The first-order valence-corrected chi connectivity index (χ1v) is 10.1. The molecule has 2 aromatic carbocycles. The molecule has 2 amide bonds. The van der Waals surface area contributed by atoms with E-state index in [0.717, 1.165) is 19.3 Å². The van der Waals surface area contributed by atoms with Crippen molar-refractivity contribution in [3.8, 4) is 0 Å². The maximum atomic E-state index is 12.5. The second kappa shape index (κ2) is 8.59. The minimum absolute atomic E-state index is 0.0580. The summed E-state index contributed by atoms with van der Waals surface area (Å²) in [5, 5.41) is 2.74. The molecule has 4 nitrogen and oxygen atoms in total. The number of carbonyl (C=O) groups excluding carboxylic acids is 2. The van der Waals surface area contributed by atoms with Gasteiger partial charge in [0, 0.05) is 18.8 Å². The van der Waals surface area contributed by atoms with Crippen LogP contribution in [0.2, 0.25) is 0 Å². The van der Waals surface area contributed by atoms with E-state index in [-0.39, 0.29) is 5.41 Å². The smallest absolute Gasteiger partial charge is 0.313 e. The first-order valence-electron chi connectivity index (χ1n) is 10.1. The third-order valence-electron chi connectivity index (χ3n) is 5.47. The zero-order valence-corrected chi connectivity index (χ0v) is 17.1. The largest absolute Gasteiger partial charge is 0.334 e. The molecule has 1 N–H and O–H groups in total. The predicted molar refractivity (Wildman–Crippen MR) is 113 cm³/mol. The van der Waals surface area contributed by atoms with Gasteiger partial charge in [-0.25, -0.2) is 0 Å². The summed E-state index contributed by atoms with van der Waals surface area (Å²) in [5.41, 5.74) is 3.24. The molecule has 148 valence electrons. The van der Waals surface area contributed by atoms with Gasteiger partial charge in [0.1, 0.15) is 0 Å². The van der Waals surface area contributed by atoms with E-state index < -0.39 is 11.8 Å². The Kier molecular flexibility index (Phi) is 6.18. The highest BCUT2D eigenvalue weighted by molar-refractivity contribution is 6.39. The van der Waals surface area contributed by atoms with Gasteiger partial charge in [-0.2, -0.15) is 0 Å². The third-order valence-corrected chi connectivity index (χ3v) is 5.47. The van der Waals surface area contributed by atoms with Gasteiger partial charge < -0.3 is 10.2 Å². The van der Waals surface area contributed by atoms with Crippen LogP contribution < -0.4 is 5.32 Å². The fourth-order valence-corrected chi connectivity index (χ4v) is 3.67. The van der Waals surface area contributed by atoms with Crippen molar-refractivity contribution in [1.82, 2.24) is 4.90 Å². The molecule has 28 heavy (non-hydrogen) atoms. The average Bonchev–Trinajstić information content (AvgIpc) is 2.68. The van der Waals surface area contributed by atoms with Crippen LogP contribution in [0.4, 0.5) is 5.69 Å². The lowest BCUT2D eigenvalue weighted by atomic mass is 9.87. The van der Waals surface area contributed by atoms with E-state index in [1.54, 1.807) is 4.90 Å². The molecule has 0 aromatic heterocycles. The van der Waals surface area contributed by atoms with E-state index in [0.29, 0.717) is 24.7 Å². The summed E-state index contributed by atoms with van der Waals surface area (Å²) in [4.78, 5) is 26.6. The molecule has 4 heteroatoms. The van der Waals surface area contributed by atoms with Crippen LogP contribution in [0.25, 0.3) is 0 Å². The minimum Gasteiger partial charge on any atom is -0.334 e. The number of benzene rings is 2. The normalized spacial score (nSPS) is 15.3. The lowest BCUT2D eigenvalue weighted by Gasteiger charge is -2.31. The van der Waals surface area contributed by atoms with Gasteiger partial charge in [-0.05, 0) is 53.9 Å². The molecule has 1 aliphatic rings. The topological polar surface area (TPSA) is 49.4 Å². The molecule has 0 spiro atoms. The van der Waals surface area contributed by atoms with Gasteiger partial charge in [-0.15, -0.1) is 0 Å². The van der Waals surface area contributed by atoms with Gasteiger partial charge in [0.2, 0.25) is 0 Å². The number of hydrogen-bond donors (Lipinski definition) is 1. The Hall–Kier alpha value is -2.62. The standard InChI is InChI=1S/C24H30N2O2/c1-24(2,3)20-9-11-21(12-10-20)25-22(27)23(28)26-15-13-19(14-16-26)17-18-7-5-4-6-8-18/h4-12,19H,13-17H2,1-3H3,(H,25,27). The molecule has 1 saturated heterocycles. The Balaban J connectivity index is 1.50. The highest BCUT2D eigenvalue weighted by Crippen LogP contribution is 2.24. The maximum absolute atomic E-state index is 12.5. The Morgan fingerprint density at radius 3 is 2.14 bits per heavy atom. The SMILES string of the molecule is CC(C)(C)c1ccc(NC(=O)C(=O)N2CCC(Cc3ccccc3)CC2)cc1. The molecule has 2 aromatic rings. The van der Waals surface area contributed by atoms with Crippen molar-refractivity contribution < 1.29 is 9.59 Å². The van der Waals surface area contributed by atoms with Gasteiger partial charge in [0.05, 0.1) is 0 Å². The summed E-state index contributed by atoms with van der Waals surface area (Å²) in [5.74, 6) is -0.414. The van der Waals surface area contributed by atoms with Crippen molar-refractivity contribution >= 4 is 17.5 Å². The van der Waals surface area contributed by atoms with Crippen LogP contribution in [0.15, 0.2) is 54.6 Å². The molecule has 1 aliphatic heterocycles. The fourth-order valence-electron chi connectivity index (χ4n) is 3.67. The van der Waals surface area contributed by atoms with Crippen LogP contribution in [0, 0.1) is 5.92 Å². The van der Waals surface area contributed by atoms with Gasteiger partial charge in [-0.1, -0.05) is 63.2 Å². The maximum Gasteiger partial charge on any atom is 0.313 e. The third kappa shape index (κ3) is 5.22. The summed E-state index contributed by atoms with van der Waals surface area (Å²) < 4.78 is 0. The van der Waals surface area contributed by atoms with Crippen LogP contribution in [0.1, 0.15) is 44.7 Å². The number of hydrogen-bond acceptors (Lipinski definition) is 2. The Morgan fingerprint density at radius 2 is 1.57 bits per heavy atom. The number of carbonyl (C=O) groups is 2. The number of likely N-dealkylation sites (tertiary alicyclic amines) is 1. The molecule has 0 bridgehead atoms. The zero-order chi connectivity index (χ0) is 20.1. The first kappa shape index (κ1) is 20.1. The van der Waals surface area contributed by atoms with Crippen LogP contribution in [0.5, 0.6) is 0 Å². The van der Waals surface area contributed by atoms with Crippen molar-refractivity contribution in [2.75, 3.05) is 18.4 Å². The van der Waals surface area contributed by atoms with E-state index in [1.165, 1.54) is 11.1 Å². The molecule has 1 fully saturated rings. The molecule has 1 heterocycles. The second-order valence-corrected chi connectivity index (χ2v) is 8.71. The van der Waals surface area contributed by atoms with E-state index >= 15 is 0 Å². The van der Waals surface area contributed by atoms with Gasteiger partial charge in [0.25, 0.3) is 0 Å². The lowest BCUT2D eigenvalue weighted by molar-refractivity contribution is -0.144. The van der Waals surface area contributed by atoms with E-state index in [1.807, 2.05) is 30.3 Å². The Labute approximate surface area is 167 Å². The molecule has 0 saturated carbocycles. The highest BCUT2D eigenvalue weighted by Gasteiger charge is 2.27. The minimum atomic E-state index is -0.551. The van der Waals surface area contributed by atoms with Crippen LogP contribution >= 0.6 is 0 Å². The summed E-state index contributed by atoms with van der Waals surface area (Å²) in [6.45, 7) is 7.72. The number of rotatable bonds is 3. The van der Waals surface area contributed by atoms with Crippen molar-refractivity contribution in [3.05, 3.63) is 65.7 Å². The molecular weight excluding hydrogens is 348 g/mol. The first-order chi connectivity index (χ1) is 13.3. The summed E-state index contributed by atoms with van der Waals surface area (Å²) in [7, 11) is 0. The number of nitrogens with zero attached hydrogens (tertiary/aromatic N) is 1. The average molecular weight is 379 g/mol. The van der Waals surface area contributed by atoms with E-state index in [9.17, 15) is 9.59 Å². The van der Waals surface area contributed by atoms with Crippen LogP contribution in [-0.2, 0) is 21.4 Å². The Bertz CT molecular complexity index is 799. The number of nitrogens with one attached hydrogen (secondary N) is 1. The molecule has 0 radical (unpaired) electrons. The quantitative estimate of drug-likeness (QED) is 0.805. The second-order valence-electron chi connectivity index (χ2n) is 8.71. The van der Waals surface area contributed by atoms with Crippen molar-refractivity contribution in [2.24, 2.45) is 5.92 Å². The van der Waals surface area contributed by atoms with Crippen LogP contribution in [0.3, 0.4) is 0 Å². The number of anilines is 1. The van der Waals surface area contributed by atoms with Crippen LogP contribution in [-0.4, -0.2) is 29.8 Å². The summed E-state index contributed by atoms with van der Waals surface area (Å²) >= 11 is 0. The van der Waals surface area contributed by atoms with E-state index in [4.69, 9.17) is 0 Å². The lowest BCUT2D eigenvalue weighted by Crippen LogP contribution is -2.44. The summed E-state index contributed by atoms with van der Waals surface area (Å²) in [6, 6.07) is 18.2. The van der Waals surface area contributed by atoms with Crippen molar-refractivity contribution in [3.63, 3.8) is 0 Å². The molecule has 0 aliphatic carbocycles. The molecule has 0 unspecified atom stereocenters. The van der Waals surface area contributed by atoms with Gasteiger partial charge in [-0.3, -0.25) is 9.59 Å². The molecule has 0 atom stereocenters. The predicted octanol–water partition coefficient (Wildman–Crippen LogP) is 4.40. The fraction of sp³-hybridized carbons (Fsp3) is 0.417. The van der Waals surface area contributed by atoms with Gasteiger partial charge in [0.15, 0.2) is 0 Å². The highest BCUT2D eigenvalue weighted by atomic mass is 16.2. The molecular formula is C24H30N2O2. The summed E-state index contributed by atoms with van der Waals surface area (Å²) in [6.07, 6.45) is 2.91.